The number of nitrogens with zero attached hydrogens (tertiary/aromatic N) is 2. The van der Waals surface area contributed by atoms with Gasteiger partial charge in [0.15, 0.2) is 0 Å². The Kier molecular flexibility index (Phi) is 5.29. The first-order valence-electron chi connectivity index (χ1n) is 6.86. The number of aromatic nitrogens is 2. The SMILES string of the molecule is CC(C)(C)CCOc1ccc(CNC(C)(C)C)nn1. The van der Waals surface area contributed by atoms with Gasteiger partial charge in [0, 0.05) is 18.2 Å². The van der Waals surface area contributed by atoms with E-state index < -0.39 is 0 Å². The summed E-state index contributed by atoms with van der Waals surface area (Å²) in [5.41, 5.74) is 1.30. The molecule has 1 aromatic heterocycles. The largest absolute Gasteiger partial charge is 0.477 e. The molecule has 0 radical (unpaired) electrons. The van der Waals surface area contributed by atoms with Gasteiger partial charge in [0.1, 0.15) is 0 Å². The Morgan fingerprint density at radius 1 is 1.05 bits per heavy atom. The smallest absolute Gasteiger partial charge is 0.233 e. The summed E-state index contributed by atoms with van der Waals surface area (Å²) < 4.78 is 5.59. The third-order valence-corrected chi connectivity index (χ3v) is 2.60. The van der Waals surface area contributed by atoms with Gasteiger partial charge in [0.25, 0.3) is 0 Å². The molecule has 108 valence electrons. The quantitative estimate of drug-likeness (QED) is 0.888. The van der Waals surface area contributed by atoms with E-state index in [4.69, 9.17) is 4.74 Å². The van der Waals surface area contributed by atoms with Crippen molar-refractivity contribution in [3.05, 3.63) is 17.8 Å². The lowest BCUT2D eigenvalue weighted by Crippen LogP contribution is -2.35. The number of nitrogens with one attached hydrogen (secondary N) is 1. The van der Waals surface area contributed by atoms with Crippen molar-refractivity contribution in [2.24, 2.45) is 5.41 Å². The summed E-state index contributed by atoms with van der Waals surface area (Å²) in [6.45, 7) is 14.4. The molecule has 1 rings (SSSR count). The van der Waals surface area contributed by atoms with Crippen molar-refractivity contribution in [2.75, 3.05) is 6.61 Å². The van der Waals surface area contributed by atoms with Gasteiger partial charge < -0.3 is 10.1 Å². The molecule has 0 amide bonds. The van der Waals surface area contributed by atoms with Gasteiger partial charge >= 0.3 is 0 Å². The molecule has 4 nitrogen and oxygen atoms in total. The molecule has 0 bridgehead atoms. The van der Waals surface area contributed by atoms with E-state index in [2.05, 4.69) is 57.1 Å². The van der Waals surface area contributed by atoms with Crippen LogP contribution in [0.15, 0.2) is 12.1 Å². The van der Waals surface area contributed by atoms with Gasteiger partial charge in [-0.1, -0.05) is 20.8 Å². The molecule has 0 fully saturated rings. The molecule has 0 saturated heterocycles. The first kappa shape index (κ1) is 15.9. The number of ether oxygens (including phenoxy) is 1. The average molecular weight is 265 g/mol. The summed E-state index contributed by atoms with van der Waals surface area (Å²) >= 11 is 0. The van der Waals surface area contributed by atoms with Gasteiger partial charge in [0.2, 0.25) is 5.88 Å². The fourth-order valence-electron chi connectivity index (χ4n) is 1.34. The molecule has 1 heterocycles. The average Bonchev–Trinajstić information content (AvgIpc) is 2.25. The predicted molar refractivity (Wildman–Crippen MR) is 78.2 cm³/mol. The summed E-state index contributed by atoms with van der Waals surface area (Å²) in [7, 11) is 0. The van der Waals surface area contributed by atoms with Crippen molar-refractivity contribution in [3.8, 4) is 5.88 Å². The Balaban J connectivity index is 2.39. The molecular formula is C15H27N3O. The van der Waals surface area contributed by atoms with E-state index in [1.165, 1.54) is 0 Å². The van der Waals surface area contributed by atoms with Gasteiger partial charge in [-0.05, 0) is 38.7 Å². The van der Waals surface area contributed by atoms with E-state index in [0.29, 0.717) is 12.5 Å². The zero-order chi connectivity index (χ0) is 14.5. The highest BCUT2D eigenvalue weighted by Gasteiger charge is 2.11. The Morgan fingerprint density at radius 2 is 1.74 bits per heavy atom. The van der Waals surface area contributed by atoms with Crippen LogP contribution >= 0.6 is 0 Å². The summed E-state index contributed by atoms with van der Waals surface area (Å²) in [6, 6.07) is 3.84. The molecule has 0 spiro atoms. The maximum Gasteiger partial charge on any atom is 0.233 e. The second kappa shape index (κ2) is 6.33. The van der Waals surface area contributed by atoms with Crippen molar-refractivity contribution in [1.29, 1.82) is 0 Å². The highest BCUT2D eigenvalue weighted by Crippen LogP contribution is 2.18. The van der Waals surface area contributed by atoms with Gasteiger partial charge in [-0.2, -0.15) is 5.10 Å². The Morgan fingerprint density at radius 3 is 2.21 bits per heavy atom. The van der Waals surface area contributed by atoms with Crippen LogP contribution in [-0.2, 0) is 6.54 Å². The molecule has 0 unspecified atom stereocenters. The molecule has 19 heavy (non-hydrogen) atoms. The number of rotatable bonds is 5. The number of hydrogen-bond donors (Lipinski definition) is 1. The van der Waals surface area contributed by atoms with Crippen LogP contribution in [0.5, 0.6) is 5.88 Å². The van der Waals surface area contributed by atoms with E-state index in [0.717, 1.165) is 18.7 Å². The maximum atomic E-state index is 5.59. The minimum absolute atomic E-state index is 0.0869. The van der Waals surface area contributed by atoms with E-state index in [9.17, 15) is 0 Å². The molecule has 1 N–H and O–H groups in total. The molecular weight excluding hydrogens is 238 g/mol. The normalized spacial score (nSPS) is 12.5. The summed E-state index contributed by atoms with van der Waals surface area (Å²) in [6.07, 6.45) is 1.00. The van der Waals surface area contributed by atoms with Gasteiger partial charge in [-0.15, -0.1) is 5.10 Å². The van der Waals surface area contributed by atoms with Crippen LogP contribution in [0.3, 0.4) is 0 Å². The monoisotopic (exact) mass is 265 g/mol. The second-order valence-corrected chi connectivity index (χ2v) is 7.13. The lowest BCUT2D eigenvalue weighted by molar-refractivity contribution is 0.234. The second-order valence-electron chi connectivity index (χ2n) is 7.13. The molecule has 1 aromatic rings. The first-order valence-corrected chi connectivity index (χ1v) is 6.86. The third kappa shape index (κ3) is 7.78. The van der Waals surface area contributed by atoms with Crippen molar-refractivity contribution in [1.82, 2.24) is 15.5 Å². The van der Waals surface area contributed by atoms with Gasteiger partial charge in [-0.3, -0.25) is 0 Å². The van der Waals surface area contributed by atoms with E-state index in [1.807, 2.05) is 12.1 Å². The molecule has 0 aromatic carbocycles. The topological polar surface area (TPSA) is 47.0 Å². The maximum absolute atomic E-state index is 5.59. The minimum atomic E-state index is 0.0869. The van der Waals surface area contributed by atoms with Crippen molar-refractivity contribution >= 4 is 0 Å². The minimum Gasteiger partial charge on any atom is -0.477 e. The van der Waals surface area contributed by atoms with Crippen LogP contribution in [0.4, 0.5) is 0 Å². The molecule has 0 aliphatic rings. The fourth-order valence-corrected chi connectivity index (χ4v) is 1.34. The highest BCUT2D eigenvalue weighted by molar-refractivity contribution is 5.11. The van der Waals surface area contributed by atoms with Crippen LogP contribution in [-0.4, -0.2) is 22.3 Å². The third-order valence-electron chi connectivity index (χ3n) is 2.60. The lowest BCUT2D eigenvalue weighted by atomic mass is 9.93. The molecule has 0 aliphatic heterocycles. The van der Waals surface area contributed by atoms with Crippen LogP contribution in [0.2, 0.25) is 0 Å². The first-order chi connectivity index (χ1) is 8.66. The van der Waals surface area contributed by atoms with Crippen molar-refractivity contribution < 1.29 is 4.74 Å². The summed E-state index contributed by atoms with van der Waals surface area (Å²) in [4.78, 5) is 0. The summed E-state index contributed by atoms with van der Waals surface area (Å²) in [5.74, 6) is 0.601. The Bertz CT molecular complexity index is 374. The highest BCUT2D eigenvalue weighted by atomic mass is 16.5. The molecule has 0 aliphatic carbocycles. The standard InChI is InChI=1S/C15H27N3O/c1-14(2,3)9-10-19-13-8-7-12(17-18-13)11-16-15(4,5)6/h7-8,16H,9-11H2,1-6H3. The molecule has 0 atom stereocenters. The zero-order valence-electron chi connectivity index (χ0n) is 13.1. The van der Waals surface area contributed by atoms with E-state index in [1.54, 1.807) is 0 Å². The Labute approximate surface area is 117 Å². The molecule has 4 heteroatoms. The van der Waals surface area contributed by atoms with Crippen LogP contribution in [0, 0.1) is 5.41 Å². The van der Waals surface area contributed by atoms with Crippen molar-refractivity contribution in [2.45, 2.75) is 60.0 Å². The van der Waals surface area contributed by atoms with Crippen LogP contribution in [0.1, 0.15) is 53.7 Å². The van der Waals surface area contributed by atoms with Gasteiger partial charge in [0.05, 0.1) is 12.3 Å². The van der Waals surface area contributed by atoms with E-state index >= 15 is 0 Å². The Hall–Kier alpha value is -1.16. The summed E-state index contributed by atoms with van der Waals surface area (Å²) in [5, 5.41) is 11.6. The molecule has 0 saturated carbocycles. The fraction of sp³-hybridized carbons (Fsp3) is 0.733. The number of hydrogen-bond acceptors (Lipinski definition) is 4. The van der Waals surface area contributed by atoms with Gasteiger partial charge in [-0.25, -0.2) is 0 Å². The zero-order valence-corrected chi connectivity index (χ0v) is 13.1. The van der Waals surface area contributed by atoms with E-state index in [-0.39, 0.29) is 11.0 Å². The lowest BCUT2D eigenvalue weighted by Gasteiger charge is -2.20. The van der Waals surface area contributed by atoms with Crippen LogP contribution in [0.25, 0.3) is 0 Å². The predicted octanol–water partition coefficient (Wildman–Crippen LogP) is 3.18. The van der Waals surface area contributed by atoms with Crippen LogP contribution < -0.4 is 10.1 Å². The van der Waals surface area contributed by atoms with Crippen molar-refractivity contribution in [3.63, 3.8) is 0 Å².